The summed E-state index contributed by atoms with van der Waals surface area (Å²) < 4.78 is 6.43. The Morgan fingerprint density at radius 3 is 2.29 bits per heavy atom. The topological polar surface area (TPSA) is 112 Å². The Hall–Kier alpha value is -3.49. The Labute approximate surface area is 180 Å². The van der Waals surface area contributed by atoms with E-state index in [-0.39, 0.29) is 28.8 Å². The maximum absolute atomic E-state index is 13.5. The van der Waals surface area contributed by atoms with Gasteiger partial charge in [0.1, 0.15) is 5.69 Å². The van der Waals surface area contributed by atoms with Crippen LogP contribution >= 0.6 is 0 Å². The number of carbonyl (C=O) groups excluding carboxylic acids is 3. The van der Waals surface area contributed by atoms with Crippen molar-refractivity contribution in [1.82, 2.24) is 9.47 Å². The molecular weight excluding hydrogens is 402 g/mol. The van der Waals surface area contributed by atoms with E-state index < -0.39 is 22.8 Å². The number of carbonyl (C=O) groups is 3. The van der Waals surface area contributed by atoms with Gasteiger partial charge in [-0.3, -0.25) is 19.7 Å². The summed E-state index contributed by atoms with van der Waals surface area (Å²) in [7, 11) is 2.94. The van der Waals surface area contributed by atoms with Gasteiger partial charge in [0.05, 0.1) is 18.1 Å². The normalized spacial score (nSPS) is 11.9. The van der Waals surface area contributed by atoms with Gasteiger partial charge in [-0.05, 0) is 46.2 Å². The zero-order valence-corrected chi connectivity index (χ0v) is 18.8. The van der Waals surface area contributed by atoms with Gasteiger partial charge in [-0.25, -0.2) is 4.79 Å². The maximum Gasteiger partial charge on any atom is 0.354 e. The van der Waals surface area contributed by atoms with Crippen molar-refractivity contribution in [3.8, 4) is 0 Å². The Morgan fingerprint density at radius 1 is 1.16 bits per heavy atom. The van der Waals surface area contributed by atoms with Gasteiger partial charge in [0.15, 0.2) is 5.78 Å². The first-order chi connectivity index (χ1) is 14.4. The molecule has 1 atom stereocenters. The predicted octanol–water partition coefficient (Wildman–Crippen LogP) is 3.46. The molecular formula is C22H27N3O6. The highest BCUT2D eigenvalue weighted by atomic mass is 16.6. The van der Waals surface area contributed by atoms with Gasteiger partial charge >= 0.3 is 5.97 Å². The zero-order valence-electron chi connectivity index (χ0n) is 18.8. The number of amides is 1. The van der Waals surface area contributed by atoms with Crippen molar-refractivity contribution >= 4 is 23.3 Å². The summed E-state index contributed by atoms with van der Waals surface area (Å²) in [6, 6.07) is 4.20. The summed E-state index contributed by atoms with van der Waals surface area (Å²) in [6.45, 7) is 8.54. The first kappa shape index (κ1) is 23.8. The molecule has 0 aliphatic carbocycles. The van der Waals surface area contributed by atoms with E-state index >= 15 is 0 Å². The van der Waals surface area contributed by atoms with Crippen LogP contribution in [-0.2, 0) is 11.8 Å². The molecule has 0 N–H and O–H groups in total. The number of methoxy groups -OCH3 is 1. The van der Waals surface area contributed by atoms with Crippen molar-refractivity contribution in [2.75, 3.05) is 7.11 Å². The summed E-state index contributed by atoms with van der Waals surface area (Å²) in [5.74, 6) is -1.37. The van der Waals surface area contributed by atoms with E-state index in [1.165, 1.54) is 36.3 Å². The minimum Gasteiger partial charge on any atom is -0.464 e. The second-order valence-electron chi connectivity index (χ2n) is 7.64. The molecule has 1 amide bonds. The molecule has 2 aromatic rings. The zero-order chi connectivity index (χ0) is 23.6. The number of benzene rings is 1. The van der Waals surface area contributed by atoms with Crippen LogP contribution in [0.15, 0.2) is 24.3 Å². The molecule has 1 unspecified atom stereocenters. The highest BCUT2D eigenvalue weighted by molar-refractivity contribution is 6.07. The molecule has 9 nitrogen and oxygen atoms in total. The number of nitrogens with zero attached hydrogens (tertiary/aromatic N) is 3. The molecule has 31 heavy (non-hydrogen) atoms. The lowest BCUT2D eigenvalue weighted by Crippen LogP contribution is -2.47. The molecule has 1 aromatic heterocycles. The number of Topliss-reactive ketones (excluding diaryl/α,β-unsaturated/α-hetero) is 1. The van der Waals surface area contributed by atoms with Crippen molar-refractivity contribution in [3.05, 3.63) is 62.5 Å². The molecule has 0 spiro atoms. The van der Waals surface area contributed by atoms with Gasteiger partial charge < -0.3 is 14.2 Å². The fraction of sp³-hybridized carbons (Fsp3) is 0.409. The van der Waals surface area contributed by atoms with Crippen LogP contribution in [0.25, 0.3) is 0 Å². The predicted molar refractivity (Wildman–Crippen MR) is 114 cm³/mol. The van der Waals surface area contributed by atoms with Gasteiger partial charge in [0.25, 0.3) is 11.6 Å². The molecule has 0 aliphatic rings. The summed E-state index contributed by atoms with van der Waals surface area (Å²) >= 11 is 0. The van der Waals surface area contributed by atoms with E-state index in [4.69, 9.17) is 4.74 Å². The summed E-state index contributed by atoms with van der Waals surface area (Å²) in [6.07, 6.45) is 0. The third-order valence-corrected chi connectivity index (χ3v) is 5.45. The van der Waals surface area contributed by atoms with E-state index in [1.807, 2.05) is 0 Å². The smallest absolute Gasteiger partial charge is 0.354 e. The first-order valence-corrected chi connectivity index (χ1v) is 9.79. The Balaban J connectivity index is 2.50. The molecule has 0 fully saturated rings. The monoisotopic (exact) mass is 429 g/mol. The molecule has 2 rings (SSSR count). The van der Waals surface area contributed by atoms with Crippen molar-refractivity contribution in [3.63, 3.8) is 0 Å². The summed E-state index contributed by atoms with van der Waals surface area (Å²) in [5.41, 5.74) is 1.62. The standard InChI is InChI=1S/C22H27N3O6/c1-12(2)24(21(27)16-9-8-10-17(11-16)25(29)30)15(5)20(26)18-13(3)19(22(28)31-7)23(6)14(18)4/h8-12,15H,1-7H3. The van der Waals surface area contributed by atoms with E-state index in [0.717, 1.165) is 0 Å². The lowest BCUT2D eigenvalue weighted by Gasteiger charge is -2.32. The number of rotatable bonds is 7. The van der Waals surface area contributed by atoms with Crippen molar-refractivity contribution in [1.29, 1.82) is 0 Å². The second kappa shape index (κ2) is 9.11. The quantitative estimate of drug-likeness (QED) is 0.288. The number of hydrogen-bond donors (Lipinski definition) is 0. The third-order valence-electron chi connectivity index (χ3n) is 5.45. The van der Waals surface area contributed by atoms with Gasteiger partial charge in [0, 0.05) is 42.0 Å². The van der Waals surface area contributed by atoms with Gasteiger partial charge in [-0.2, -0.15) is 0 Å². The molecule has 166 valence electrons. The van der Waals surface area contributed by atoms with Gasteiger partial charge in [-0.1, -0.05) is 6.07 Å². The second-order valence-corrected chi connectivity index (χ2v) is 7.64. The molecule has 0 bridgehead atoms. The minimum atomic E-state index is -0.864. The van der Waals surface area contributed by atoms with E-state index in [0.29, 0.717) is 16.8 Å². The van der Waals surface area contributed by atoms with Crippen molar-refractivity contribution in [2.45, 2.75) is 46.7 Å². The van der Waals surface area contributed by atoms with E-state index in [2.05, 4.69) is 0 Å². The molecule has 1 aromatic carbocycles. The number of esters is 1. The molecule has 0 saturated heterocycles. The number of nitro groups is 1. The molecule has 0 radical (unpaired) electrons. The van der Waals surface area contributed by atoms with Crippen LogP contribution in [0.4, 0.5) is 5.69 Å². The lowest BCUT2D eigenvalue weighted by atomic mass is 9.98. The minimum absolute atomic E-state index is 0.124. The SMILES string of the molecule is COC(=O)c1c(C)c(C(=O)C(C)N(C(=O)c2cccc([N+](=O)[O-])c2)C(C)C)c(C)n1C. The molecule has 1 heterocycles. The molecule has 9 heteroatoms. The highest BCUT2D eigenvalue weighted by Gasteiger charge is 2.34. The average molecular weight is 429 g/mol. The van der Waals surface area contributed by atoms with Gasteiger partial charge in [-0.15, -0.1) is 0 Å². The van der Waals surface area contributed by atoms with Crippen molar-refractivity contribution < 1.29 is 24.0 Å². The fourth-order valence-corrected chi connectivity index (χ4v) is 3.82. The Morgan fingerprint density at radius 2 is 1.77 bits per heavy atom. The van der Waals surface area contributed by atoms with Crippen LogP contribution in [0.2, 0.25) is 0 Å². The lowest BCUT2D eigenvalue weighted by molar-refractivity contribution is -0.384. The van der Waals surface area contributed by atoms with Crippen LogP contribution < -0.4 is 0 Å². The molecule has 0 aliphatic heterocycles. The Bertz CT molecular complexity index is 1050. The average Bonchev–Trinajstić information content (AvgIpc) is 2.95. The fourth-order valence-electron chi connectivity index (χ4n) is 3.82. The number of non-ortho nitro benzene ring substituents is 1. The van der Waals surface area contributed by atoms with E-state index in [9.17, 15) is 24.5 Å². The number of aromatic nitrogens is 1. The van der Waals surface area contributed by atoms with Crippen LogP contribution in [-0.4, -0.2) is 51.2 Å². The number of ketones is 1. The van der Waals surface area contributed by atoms with Crippen LogP contribution in [0.3, 0.4) is 0 Å². The third kappa shape index (κ3) is 4.35. The van der Waals surface area contributed by atoms with Crippen molar-refractivity contribution in [2.24, 2.45) is 7.05 Å². The summed E-state index contributed by atoms with van der Waals surface area (Å²) in [5, 5.41) is 11.1. The van der Waals surface area contributed by atoms with Gasteiger partial charge in [0.2, 0.25) is 0 Å². The maximum atomic E-state index is 13.5. The Kier molecular flexibility index (Phi) is 6.99. The summed E-state index contributed by atoms with van der Waals surface area (Å²) in [4.78, 5) is 50.7. The number of ether oxygens (including phenoxy) is 1. The van der Waals surface area contributed by atoms with E-state index in [1.54, 1.807) is 46.2 Å². The number of nitro benzene ring substituents is 1. The highest BCUT2D eigenvalue weighted by Crippen LogP contribution is 2.26. The van der Waals surface area contributed by atoms with Crippen LogP contribution in [0, 0.1) is 24.0 Å². The number of hydrogen-bond acceptors (Lipinski definition) is 6. The first-order valence-electron chi connectivity index (χ1n) is 9.79. The molecule has 0 saturated carbocycles. The van der Waals surface area contributed by atoms with Crippen LogP contribution in [0.1, 0.15) is 63.2 Å². The largest absolute Gasteiger partial charge is 0.464 e. The van der Waals surface area contributed by atoms with Crippen LogP contribution in [0.5, 0.6) is 0 Å².